The van der Waals surface area contributed by atoms with Crippen LogP contribution in [0.2, 0.25) is 0 Å². The van der Waals surface area contributed by atoms with Gasteiger partial charge in [0.25, 0.3) is 0 Å². The van der Waals surface area contributed by atoms with E-state index in [0.717, 1.165) is 25.5 Å². The van der Waals surface area contributed by atoms with Crippen LogP contribution in [0, 0.1) is 17.0 Å². The minimum atomic E-state index is -0.548. The van der Waals surface area contributed by atoms with Crippen LogP contribution in [0.3, 0.4) is 0 Å². The van der Waals surface area contributed by atoms with Crippen LogP contribution in [-0.2, 0) is 0 Å². The molecule has 0 bridgehead atoms. The van der Waals surface area contributed by atoms with E-state index in [9.17, 15) is 8.78 Å². The van der Waals surface area contributed by atoms with Gasteiger partial charge < -0.3 is 4.90 Å². The highest BCUT2D eigenvalue weighted by molar-refractivity contribution is 6.18. The SMILES string of the molecule is CCCCN(CC(C)(C)CCl)c1ccc(F)cc1F. The van der Waals surface area contributed by atoms with Gasteiger partial charge in [-0.1, -0.05) is 27.2 Å². The van der Waals surface area contributed by atoms with E-state index in [4.69, 9.17) is 11.6 Å². The highest BCUT2D eigenvalue weighted by atomic mass is 35.5. The average Bonchev–Trinajstić information content (AvgIpc) is 2.35. The summed E-state index contributed by atoms with van der Waals surface area (Å²) in [5.74, 6) is -0.562. The number of hydrogen-bond acceptors (Lipinski definition) is 1. The molecule has 0 N–H and O–H groups in total. The molecule has 0 heterocycles. The Kier molecular flexibility index (Phi) is 6.05. The first kappa shape index (κ1) is 16.2. The lowest BCUT2D eigenvalue weighted by Gasteiger charge is -2.33. The number of alkyl halides is 1. The summed E-state index contributed by atoms with van der Waals surface area (Å²) < 4.78 is 26.9. The number of hydrogen-bond donors (Lipinski definition) is 0. The molecule has 1 rings (SSSR count). The van der Waals surface area contributed by atoms with Crippen molar-refractivity contribution in [3.8, 4) is 0 Å². The summed E-state index contributed by atoms with van der Waals surface area (Å²) in [6.45, 7) is 7.57. The van der Waals surface area contributed by atoms with Crippen LogP contribution in [0.15, 0.2) is 18.2 Å². The van der Waals surface area contributed by atoms with Gasteiger partial charge in [-0.05, 0) is 24.0 Å². The molecule has 0 aliphatic carbocycles. The van der Waals surface area contributed by atoms with Crippen LogP contribution >= 0.6 is 11.6 Å². The molecular formula is C15H22ClF2N. The predicted molar refractivity (Wildman–Crippen MR) is 78.0 cm³/mol. The third-order valence-corrected chi connectivity index (χ3v) is 3.74. The molecule has 0 fully saturated rings. The first-order chi connectivity index (χ1) is 8.89. The fourth-order valence-electron chi connectivity index (χ4n) is 1.93. The summed E-state index contributed by atoms with van der Waals surface area (Å²) in [6.07, 6.45) is 2.00. The number of rotatable bonds is 7. The lowest BCUT2D eigenvalue weighted by Crippen LogP contribution is -2.36. The van der Waals surface area contributed by atoms with E-state index in [-0.39, 0.29) is 5.41 Å². The van der Waals surface area contributed by atoms with E-state index >= 15 is 0 Å². The Morgan fingerprint density at radius 3 is 2.47 bits per heavy atom. The molecule has 0 aromatic heterocycles. The average molecular weight is 290 g/mol. The van der Waals surface area contributed by atoms with Gasteiger partial charge >= 0.3 is 0 Å². The number of halogens is 3. The number of unbranched alkanes of at least 4 members (excludes halogenated alkanes) is 1. The number of nitrogens with zero attached hydrogens (tertiary/aromatic N) is 1. The van der Waals surface area contributed by atoms with E-state index in [1.165, 1.54) is 12.1 Å². The van der Waals surface area contributed by atoms with Gasteiger partial charge in [0.15, 0.2) is 0 Å². The Morgan fingerprint density at radius 1 is 1.26 bits per heavy atom. The van der Waals surface area contributed by atoms with Crippen molar-refractivity contribution in [2.24, 2.45) is 5.41 Å². The van der Waals surface area contributed by atoms with Crippen LogP contribution in [-0.4, -0.2) is 19.0 Å². The summed E-state index contributed by atoms with van der Waals surface area (Å²) in [4.78, 5) is 1.96. The molecule has 0 radical (unpaired) electrons. The maximum Gasteiger partial charge on any atom is 0.149 e. The third kappa shape index (κ3) is 4.98. The zero-order valence-corrected chi connectivity index (χ0v) is 12.6. The summed E-state index contributed by atoms with van der Waals surface area (Å²) in [5.41, 5.74) is 0.337. The normalized spacial score (nSPS) is 11.7. The first-order valence-electron chi connectivity index (χ1n) is 6.65. The zero-order valence-electron chi connectivity index (χ0n) is 11.8. The van der Waals surface area contributed by atoms with E-state index in [1.807, 2.05) is 18.7 Å². The van der Waals surface area contributed by atoms with Crippen LogP contribution < -0.4 is 4.90 Å². The smallest absolute Gasteiger partial charge is 0.149 e. The van der Waals surface area contributed by atoms with Crippen molar-refractivity contribution in [2.45, 2.75) is 33.6 Å². The van der Waals surface area contributed by atoms with Crippen LogP contribution in [0.1, 0.15) is 33.6 Å². The van der Waals surface area contributed by atoms with Gasteiger partial charge in [-0.2, -0.15) is 0 Å². The van der Waals surface area contributed by atoms with Crippen LogP contribution in [0.5, 0.6) is 0 Å². The molecule has 0 amide bonds. The van der Waals surface area contributed by atoms with Gasteiger partial charge in [-0.3, -0.25) is 0 Å². The topological polar surface area (TPSA) is 3.24 Å². The number of benzene rings is 1. The van der Waals surface area contributed by atoms with E-state index in [2.05, 4.69) is 6.92 Å². The summed E-state index contributed by atoms with van der Waals surface area (Å²) in [5, 5.41) is 0. The van der Waals surface area contributed by atoms with Gasteiger partial charge in [0.1, 0.15) is 11.6 Å². The molecule has 19 heavy (non-hydrogen) atoms. The quantitative estimate of drug-likeness (QED) is 0.650. The van der Waals surface area contributed by atoms with Crippen molar-refractivity contribution >= 4 is 17.3 Å². The Hall–Kier alpha value is -0.830. The van der Waals surface area contributed by atoms with Crippen LogP contribution in [0.25, 0.3) is 0 Å². The Bertz CT molecular complexity index is 407. The van der Waals surface area contributed by atoms with Gasteiger partial charge in [-0.25, -0.2) is 8.78 Å². The Balaban J connectivity index is 2.95. The second-order valence-electron chi connectivity index (χ2n) is 5.67. The van der Waals surface area contributed by atoms with Gasteiger partial charge in [0.05, 0.1) is 5.69 Å². The molecule has 108 valence electrons. The summed E-state index contributed by atoms with van der Waals surface area (Å²) in [7, 11) is 0. The molecule has 0 saturated heterocycles. The molecule has 4 heteroatoms. The van der Waals surface area contributed by atoms with Crippen molar-refractivity contribution in [1.82, 2.24) is 0 Å². The fourth-order valence-corrected chi connectivity index (χ4v) is 2.01. The highest BCUT2D eigenvalue weighted by Crippen LogP contribution is 2.26. The minimum absolute atomic E-state index is 0.115. The maximum atomic E-state index is 13.9. The maximum absolute atomic E-state index is 13.9. The molecule has 0 saturated carbocycles. The fraction of sp³-hybridized carbons (Fsp3) is 0.600. The summed E-state index contributed by atoms with van der Waals surface area (Å²) in [6, 6.07) is 3.73. The van der Waals surface area contributed by atoms with Crippen molar-refractivity contribution < 1.29 is 8.78 Å². The summed E-state index contributed by atoms with van der Waals surface area (Å²) >= 11 is 5.94. The molecular weight excluding hydrogens is 268 g/mol. The lowest BCUT2D eigenvalue weighted by molar-refractivity contribution is 0.411. The molecule has 0 aliphatic rings. The minimum Gasteiger partial charge on any atom is -0.369 e. The molecule has 1 nitrogen and oxygen atoms in total. The first-order valence-corrected chi connectivity index (χ1v) is 7.19. The van der Waals surface area contributed by atoms with Crippen molar-refractivity contribution in [3.05, 3.63) is 29.8 Å². The van der Waals surface area contributed by atoms with Crippen LogP contribution in [0.4, 0.5) is 14.5 Å². The largest absolute Gasteiger partial charge is 0.369 e. The standard InChI is InChI=1S/C15H22ClF2N/c1-4-5-8-19(11-15(2,3)10-16)14-7-6-12(17)9-13(14)18/h6-7,9H,4-5,8,10-11H2,1-3H3. The van der Waals surface area contributed by atoms with Crippen molar-refractivity contribution in [1.29, 1.82) is 0 Å². The molecule has 1 aromatic carbocycles. The Morgan fingerprint density at radius 2 is 1.95 bits per heavy atom. The van der Waals surface area contributed by atoms with Crippen molar-refractivity contribution in [3.63, 3.8) is 0 Å². The monoisotopic (exact) mass is 289 g/mol. The van der Waals surface area contributed by atoms with Gasteiger partial charge in [0.2, 0.25) is 0 Å². The second kappa shape index (κ2) is 7.09. The molecule has 0 spiro atoms. The zero-order chi connectivity index (χ0) is 14.5. The van der Waals surface area contributed by atoms with Gasteiger partial charge in [-0.15, -0.1) is 11.6 Å². The second-order valence-corrected chi connectivity index (χ2v) is 5.94. The number of anilines is 1. The molecule has 0 unspecified atom stereocenters. The lowest BCUT2D eigenvalue weighted by atomic mass is 9.95. The highest BCUT2D eigenvalue weighted by Gasteiger charge is 2.22. The molecule has 0 aliphatic heterocycles. The van der Waals surface area contributed by atoms with Crippen molar-refractivity contribution in [2.75, 3.05) is 23.9 Å². The van der Waals surface area contributed by atoms with Gasteiger partial charge in [0, 0.05) is 25.0 Å². The van der Waals surface area contributed by atoms with E-state index in [0.29, 0.717) is 18.1 Å². The molecule has 0 atom stereocenters. The van der Waals surface area contributed by atoms with E-state index in [1.54, 1.807) is 0 Å². The molecule has 1 aromatic rings. The Labute approximate surface area is 119 Å². The predicted octanol–water partition coefficient (Wildman–Crippen LogP) is 4.84. The van der Waals surface area contributed by atoms with E-state index < -0.39 is 11.6 Å². The third-order valence-electron chi connectivity index (χ3n) is 3.01.